The standard InChI is InChI=1S/C18H23N3/c1-14-6-5-7-17(19)18(14)20-15-8-10-16(11-9-15)21-12-3-2-4-13-21/h5-11,20H,2-4,12-13,19H2,1H3. The average Bonchev–Trinajstić information content (AvgIpc) is 2.53. The molecule has 0 atom stereocenters. The lowest BCUT2D eigenvalue weighted by molar-refractivity contribution is 0.578. The van der Waals surface area contributed by atoms with Crippen molar-refractivity contribution in [3.8, 4) is 0 Å². The predicted molar refractivity (Wildman–Crippen MR) is 91.4 cm³/mol. The maximum atomic E-state index is 6.05. The molecule has 1 saturated heterocycles. The molecule has 0 aromatic heterocycles. The monoisotopic (exact) mass is 281 g/mol. The molecular weight excluding hydrogens is 258 g/mol. The van der Waals surface area contributed by atoms with E-state index in [9.17, 15) is 0 Å². The first-order valence-corrected chi connectivity index (χ1v) is 7.71. The van der Waals surface area contributed by atoms with Crippen LogP contribution in [0.25, 0.3) is 0 Å². The number of nitrogens with two attached hydrogens (primary N) is 1. The number of piperidine rings is 1. The van der Waals surface area contributed by atoms with Gasteiger partial charge in [-0.15, -0.1) is 0 Å². The molecule has 3 nitrogen and oxygen atoms in total. The highest BCUT2D eigenvalue weighted by molar-refractivity contribution is 5.76. The van der Waals surface area contributed by atoms with E-state index in [1.54, 1.807) is 0 Å². The maximum Gasteiger partial charge on any atom is 0.0647 e. The summed E-state index contributed by atoms with van der Waals surface area (Å²) < 4.78 is 0. The third-order valence-corrected chi connectivity index (χ3v) is 4.16. The Kier molecular flexibility index (Phi) is 4.00. The van der Waals surface area contributed by atoms with Crippen LogP contribution < -0.4 is 16.0 Å². The summed E-state index contributed by atoms with van der Waals surface area (Å²) in [4.78, 5) is 2.47. The molecule has 3 heteroatoms. The number of para-hydroxylation sites is 1. The van der Waals surface area contributed by atoms with Crippen LogP contribution >= 0.6 is 0 Å². The Labute approximate surface area is 126 Å². The van der Waals surface area contributed by atoms with Gasteiger partial charge in [-0.2, -0.15) is 0 Å². The van der Waals surface area contributed by atoms with Crippen molar-refractivity contribution >= 4 is 22.7 Å². The summed E-state index contributed by atoms with van der Waals surface area (Å²) in [6.45, 7) is 4.43. The topological polar surface area (TPSA) is 41.3 Å². The Morgan fingerprint density at radius 3 is 2.33 bits per heavy atom. The van der Waals surface area contributed by atoms with Crippen LogP contribution in [0.5, 0.6) is 0 Å². The van der Waals surface area contributed by atoms with E-state index in [-0.39, 0.29) is 0 Å². The number of nitrogens with one attached hydrogen (secondary N) is 1. The Balaban J connectivity index is 1.75. The Morgan fingerprint density at radius 2 is 1.67 bits per heavy atom. The molecule has 0 unspecified atom stereocenters. The molecule has 0 radical (unpaired) electrons. The first-order chi connectivity index (χ1) is 10.2. The van der Waals surface area contributed by atoms with Gasteiger partial charge in [-0.25, -0.2) is 0 Å². The summed E-state index contributed by atoms with van der Waals surface area (Å²) in [5.41, 5.74) is 11.4. The van der Waals surface area contributed by atoms with E-state index in [2.05, 4.69) is 47.5 Å². The van der Waals surface area contributed by atoms with Crippen molar-refractivity contribution < 1.29 is 0 Å². The van der Waals surface area contributed by atoms with Gasteiger partial charge in [-0.3, -0.25) is 0 Å². The van der Waals surface area contributed by atoms with Gasteiger partial charge in [-0.1, -0.05) is 12.1 Å². The Morgan fingerprint density at radius 1 is 0.952 bits per heavy atom. The minimum Gasteiger partial charge on any atom is -0.397 e. The SMILES string of the molecule is Cc1cccc(N)c1Nc1ccc(N2CCCCC2)cc1. The van der Waals surface area contributed by atoms with Crippen molar-refractivity contribution in [3.05, 3.63) is 48.0 Å². The molecule has 2 aromatic rings. The highest BCUT2D eigenvalue weighted by Crippen LogP contribution is 2.28. The normalized spacial score (nSPS) is 15.0. The van der Waals surface area contributed by atoms with Crippen LogP contribution in [0, 0.1) is 6.92 Å². The van der Waals surface area contributed by atoms with Gasteiger partial charge in [0, 0.05) is 24.5 Å². The van der Waals surface area contributed by atoms with Crippen LogP contribution in [-0.4, -0.2) is 13.1 Å². The summed E-state index contributed by atoms with van der Waals surface area (Å²) in [5.74, 6) is 0. The van der Waals surface area contributed by atoms with Gasteiger partial charge >= 0.3 is 0 Å². The molecule has 110 valence electrons. The molecule has 3 rings (SSSR count). The van der Waals surface area contributed by atoms with Crippen molar-refractivity contribution in [2.45, 2.75) is 26.2 Å². The first-order valence-electron chi connectivity index (χ1n) is 7.71. The van der Waals surface area contributed by atoms with E-state index in [1.165, 1.54) is 38.0 Å². The number of rotatable bonds is 3. The fourth-order valence-corrected chi connectivity index (χ4v) is 2.91. The van der Waals surface area contributed by atoms with Crippen LogP contribution in [0.1, 0.15) is 24.8 Å². The zero-order valence-electron chi connectivity index (χ0n) is 12.6. The van der Waals surface area contributed by atoms with Crippen molar-refractivity contribution in [3.63, 3.8) is 0 Å². The van der Waals surface area contributed by atoms with Crippen molar-refractivity contribution in [2.24, 2.45) is 0 Å². The fourth-order valence-electron chi connectivity index (χ4n) is 2.91. The average molecular weight is 281 g/mol. The lowest BCUT2D eigenvalue weighted by Gasteiger charge is -2.29. The second-order valence-electron chi connectivity index (χ2n) is 5.76. The van der Waals surface area contributed by atoms with E-state index in [4.69, 9.17) is 5.73 Å². The number of nitrogens with zero attached hydrogens (tertiary/aromatic N) is 1. The lowest BCUT2D eigenvalue weighted by Crippen LogP contribution is -2.29. The molecule has 0 aliphatic carbocycles. The summed E-state index contributed by atoms with van der Waals surface area (Å²) in [6, 6.07) is 14.6. The molecule has 0 bridgehead atoms. The third-order valence-electron chi connectivity index (χ3n) is 4.16. The molecule has 1 aliphatic rings. The molecule has 0 spiro atoms. The third kappa shape index (κ3) is 3.13. The fraction of sp³-hybridized carbons (Fsp3) is 0.333. The van der Waals surface area contributed by atoms with Crippen LogP contribution in [0.15, 0.2) is 42.5 Å². The van der Waals surface area contributed by atoms with Crippen LogP contribution in [0.2, 0.25) is 0 Å². The molecule has 1 fully saturated rings. The smallest absolute Gasteiger partial charge is 0.0647 e. The minimum absolute atomic E-state index is 0.787. The Hall–Kier alpha value is -2.16. The molecular formula is C18H23N3. The number of anilines is 4. The maximum absolute atomic E-state index is 6.05. The molecule has 3 N–H and O–H groups in total. The Bertz CT molecular complexity index is 578. The summed E-state index contributed by atoms with van der Waals surface area (Å²) in [7, 11) is 0. The number of aryl methyl sites for hydroxylation is 1. The quantitative estimate of drug-likeness (QED) is 0.824. The van der Waals surface area contributed by atoms with E-state index >= 15 is 0 Å². The second kappa shape index (κ2) is 6.08. The van der Waals surface area contributed by atoms with Gasteiger partial charge in [-0.05, 0) is 62.1 Å². The van der Waals surface area contributed by atoms with Gasteiger partial charge in [0.1, 0.15) is 0 Å². The van der Waals surface area contributed by atoms with E-state index in [1.807, 2.05) is 12.1 Å². The molecule has 1 aliphatic heterocycles. The number of hydrogen-bond donors (Lipinski definition) is 2. The summed E-state index contributed by atoms with van der Waals surface area (Å²) in [5, 5.41) is 3.43. The largest absolute Gasteiger partial charge is 0.397 e. The second-order valence-corrected chi connectivity index (χ2v) is 5.76. The van der Waals surface area contributed by atoms with Crippen LogP contribution in [0.3, 0.4) is 0 Å². The number of hydrogen-bond acceptors (Lipinski definition) is 3. The van der Waals surface area contributed by atoms with Gasteiger partial charge in [0.25, 0.3) is 0 Å². The zero-order chi connectivity index (χ0) is 14.7. The molecule has 0 amide bonds. The number of benzene rings is 2. The van der Waals surface area contributed by atoms with E-state index in [0.717, 1.165) is 22.6 Å². The van der Waals surface area contributed by atoms with Gasteiger partial charge < -0.3 is 16.0 Å². The molecule has 1 heterocycles. The van der Waals surface area contributed by atoms with Gasteiger partial charge in [0.2, 0.25) is 0 Å². The van der Waals surface area contributed by atoms with Crippen molar-refractivity contribution in [1.29, 1.82) is 0 Å². The van der Waals surface area contributed by atoms with Crippen molar-refractivity contribution in [1.82, 2.24) is 0 Å². The summed E-state index contributed by atoms with van der Waals surface area (Å²) >= 11 is 0. The van der Waals surface area contributed by atoms with Gasteiger partial charge in [0.05, 0.1) is 11.4 Å². The van der Waals surface area contributed by atoms with Gasteiger partial charge in [0.15, 0.2) is 0 Å². The zero-order valence-corrected chi connectivity index (χ0v) is 12.6. The summed E-state index contributed by atoms with van der Waals surface area (Å²) in [6.07, 6.45) is 3.97. The lowest BCUT2D eigenvalue weighted by atomic mass is 10.1. The van der Waals surface area contributed by atoms with Crippen LogP contribution in [-0.2, 0) is 0 Å². The van der Waals surface area contributed by atoms with E-state index in [0.29, 0.717) is 0 Å². The number of nitrogen functional groups attached to an aromatic ring is 1. The first kappa shape index (κ1) is 13.8. The highest BCUT2D eigenvalue weighted by Gasteiger charge is 2.10. The minimum atomic E-state index is 0.787. The van der Waals surface area contributed by atoms with Crippen LogP contribution in [0.4, 0.5) is 22.7 Å². The van der Waals surface area contributed by atoms with E-state index < -0.39 is 0 Å². The highest BCUT2D eigenvalue weighted by atomic mass is 15.1. The molecule has 21 heavy (non-hydrogen) atoms. The van der Waals surface area contributed by atoms with Crippen molar-refractivity contribution in [2.75, 3.05) is 29.0 Å². The predicted octanol–water partition coefficient (Wildman–Crippen LogP) is 4.31. The molecule has 0 saturated carbocycles. The molecule has 2 aromatic carbocycles.